The van der Waals surface area contributed by atoms with Crippen LogP contribution >= 0.6 is 23.2 Å². The summed E-state index contributed by atoms with van der Waals surface area (Å²) in [7, 11) is 0. The number of ether oxygens (including phenoxy) is 3. The lowest BCUT2D eigenvalue weighted by molar-refractivity contribution is -0.141. The van der Waals surface area contributed by atoms with Crippen LogP contribution in [0.4, 0.5) is 0 Å². The van der Waals surface area contributed by atoms with E-state index in [1.165, 1.54) is 0 Å². The molecule has 0 radical (unpaired) electrons. The van der Waals surface area contributed by atoms with Crippen LogP contribution in [0.2, 0.25) is 10.0 Å². The average molecular weight is 367 g/mol. The van der Waals surface area contributed by atoms with Gasteiger partial charge in [0, 0.05) is 21.2 Å². The van der Waals surface area contributed by atoms with E-state index in [-0.39, 0.29) is 25.6 Å². The zero-order chi connectivity index (χ0) is 17.1. The molecule has 124 valence electrons. The van der Waals surface area contributed by atoms with E-state index in [2.05, 4.69) is 0 Å². The van der Waals surface area contributed by atoms with Gasteiger partial charge in [0.1, 0.15) is 0 Å². The summed E-state index contributed by atoms with van der Waals surface area (Å²) in [5.74, 6) is 0.151. The van der Waals surface area contributed by atoms with Crippen molar-refractivity contribution in [3.8, 4) is 11.5 Å². The van der Waals surface area contributed by atoms with Gasteiger partial charge in [-0.15, -0.1) is 0 Å². The van der Waals surface area contributed by atoms with Gasteiger partial charge in [0.05, 0.1) is 6.42 Å². The van der Waals surface area contributed by atoms with Gasteiger partial charge in [-0.25, -0.2) is 0 Å². The fourth-order valence-corrected chi connectivity index (χ4v) is 2.73. The predicted octanol–water partition coefficient (Wildman–Crippen LogP) is 3.69. The molecule has 0 N–H and O–H groups in total. The van der Waals surface area contributed by atoms with Crippen LogP contribution in [-0.2, 0) is 16.0 Å². The summed E-state index contributed by atoms with van der Waals surface area (Å²) in [4.78, 5) is 24.0. The molecule has 1 aliphatic heterocycles. The maximum Gasteiger partial charge on any atom is 0.310 e. The number of carbonyl (C=O) groups is 2. The molecule has 0 aromatic heterocycles. The molecule has 2 aromatic carbocycles. The Morgan fingerprint density at radius 1 is 1.04 bits per heavy atom. The molecule has 0 fully saturated rings. The second kappa shape index (κ2) is 7.11. The van der Waals surface area contributed by atoms with Crippen LogP contribution in [-0.4, -0.2) is 25.2 Å². The van der Waals surface area contributed by atoms with Crippen molar-refractivity contribution in [1.29, 1.82) is 0 Å². The van der Waals surface area contributed by atoms with Gasteiger partial charge >= 0.3 is 5.97 Å². The molecule has 2 aromatic rings. The van der Waals surface area contributed by atoms with Crippen molar-refractivity contribution < 1.29 is 23.8 Å². The van der Waals surface area contributed by atoms with Crippen molar-refractivity contribution in [2.24, 2.45) is 0 Å². The molecule has 0 saturated heterocycles. The molecule has 24 heavy (non-hydrogen) atoms. The Kier molecular flexibility index (Phi) is 4.92. The second-order valence-electron chi connectivity index (χ2n) is 5.03. The third-order valence-corrected chi connectivity index (χ3v) is 4.15. The number of fused-ring (bicyclic) bond motifs is 1. The maximum absolute atomic E-state index is 12.1. The monoisotopic (exact) mass is 366 g/mol. The number of ketones is 1. The Bertz CT molecular complexity index is 783. The summed E-state index contributed by atoms with van der Waals surface area (Å²) in [6.07, 6.45) is -0.104. The summed E-state index contributed by atoms with van der Waals surface area (Å²) in [6, 6.07) is 9.74. The highest BCUT2D eigenvalue weighted by Crippen LogP contribution is 2.32. The first-order valence-electron chi connectivity index (χ1n) is 7.06. The van der Waals surface area contributed by atoms with Crippen LogP contribution in [0.25, 0.3) is 0 Å². The van der Waals surface area contributed by atoms with Gasteiger partial charge in [-0.1, -0.05) is 29.3 Å². The zero-order valence-corrected chi connectivity index (χ0v) is 13.9. The van der Waals surface area contributed by atoms with Gasteiger partial charge in [0.2, 0.25) is 6.79 Å². The molecule has 7 heteroatoms. The van der Waals surface area contributed by atoms with Crippen molar-refractivity contribution in [2.45, 2.75) is 6.42 Å². The molecule has 0 unspecified atom stereocenters. The Morgan fingerprint density at radius 3 is 2.50 bits per heavy atom. The summed E-state index contributed by atoms with van der Waals surface area (Å²) in [6.45, 7) is -0.249. The molecule has 0 amide bonds. The third-order valence-electron chi connectivity index (χ3n) is 3.44. The fraction of sp³-hybridized carbons (Fsp3) is 0.176. The minimum atomic E-state index is -0.584. The molecule has 0 bridgehead atoms. The quantitative estimate of drug-likeness (QED) is 0.596. The molecule has 1 aliphatic rings. The average Bonchev–Trinajstić information content (AvgIpc) is 3.03. The minimum Gasteiger partial charge on any atom is -0.457 e. The van der Waals surface area contributed by atoms with Gasteiger partial charge in [-0.05, 0) is 30.3 Å². The first-order chi connectivity index (χ1) is 11.5. The van der Waals surface area contributed by atoms with Gasteiger partial charge in [0.25, 0.3) is 0 Å². The second-order valence-corrected chi connectivity index (χ2v) is 5.84. The minimum absolute atomic E-state index is 0.104. The molecule has 3 rings (SSSR count). The third kappa shape index (κ3) is 3.63. The SMILES string of the molecule is O=C(Cc1c(Cl)cccc1Cl)OCC(=O)c1ccc2c(c1)OCO2. The standard InChI is InChI=1S/C17H12Cl2O5/c18-12-2-1-3-13(19)11(12)7-17(21)22-8-14(20)10-4-5-15-16(6-10)24-9-23-15/h1-6H,7-9H2. The Hall–Kier alpha value is -2.24. The molecule has 1 heterocycles. The van der Waals surface area contributed by atoms with Crippen LogP contribution < -0.4 is 9.47 Å². The number of rotatable bonds is 5. The molecule has 5 nitrogen and oxygen atoms in total. The van der Waals surface area contributed by atoms with Crippen LogP contribution in [0.5, 0.6) is 11.5 Å². The summed E-state index contributed by atoms with van der Waals surface area (Å²) < 4.78 is 15.4. The van der Waals surface area contributed by atoms with Crippen LogP contribution in [0, 0.1) is 0 Å². The molecule has 0 spiro atoms. The summed E-state index contributed by atoms with van der Waals surface area (Å²) in [5.41, 5.74) is 0.851. The lowest BCUT2D eigenvalue weighted by Crippen LogP contribution is -2.16. The van der Waals surface area contributed by atoms with E-state index in [1.807, 2.05) is 0 Å². The highest BCUT2D eigenvalue weighted by atomic mass is 35.5. The lowest BCUT2D eigenvalue weighted by atomic mass is 10.1. The van der Waals surface area contributed by atoms with Gasteiger partial charge < -0.3 is 14.2 Å². The van der Waals surface area contributed by atoms with Crippen molar-refractivity contribution in [2.75, 3.05) is 13.4 Å². The fourth-order valence-electron chi connectivity index (χ4n) is 2.20. The molecular weight excluding hydrogens is 355 g/mol. The van der Waals surface area contributed by atoms with Gasteiger partial charge in [0.15, 0.2) is 23.9 Å². The Morgan fingerprint density at radius 2 is 1.75 bits per heavy atom. The van der Waals surface area contributed by atoms with Crippen molar-refractivity contribution in [1.82, 2.24) is 0 Å². The van der Waals surface area contributed by atoms with Crippen LogP contribution in [0.3, 0.4) is 0 Å². The largest absolute Gasteiger partial charge is 0.457 e. The number of carbonyl (C=O) groups excluding carboxylic acids is 2. The normalized spacial score (nSPS) is 12.1. The van der Waals surface area contributed by atoms with E-state index in [1.54, 1.807) is 36.4 Å². The maximum atomic E-state index is 12.1. The number of esters is 1. The predicted molar refractivity (Wildman–Crippen MR) is 88.0 cm³/mol. The van der Waals surface area contributed by atoms with E-state index in [0.717, 1.165) is 0 Å². The van der Waals surface area contributed by atoms with E-state index in [4.69, 9.17) is 37.4 Å². The van der Waals surface area contributed by atoms with Crippen molar-refractivity contribution in [3.05, 3.63) is 57.6 Å². The molecule has 0 aliphatic carbocycles. The lowest BCUT2D eigenvalue weighted by Gasteiger charge is -2.07. The summed E-state index contributed by atoms with van der Waals surface area (Å²) in [5, 5.41) is 0.753. The number of halogens is 2. The number of benzene rings is 2. The summed E-state index contributed by atoms with van der Waals surface area (Å²) >= 11 is 12.0. The van der Waals surface area contributed by atoms with Crippen LogP contribution in [0.1, 0.15) is 15.9 Å². The van der Waals surface area contributed by atoms with Gasteiger partial charge in [-0.3, -0.25) is 9.59 Å². The van der Waals surface area contributed by atoms with E-state index in [0.29, 0.717) is 32.7 Å². The van der Waals surface area contributed by atoms with E-state index < -0.39 is 5.97 Å². The Labute approximate surface area is 148 Å². The van der Waals surface area contributed by atoms with Crippen LogP contribution in [0.15, 0.2) is 36.4 Å². The molecule has 0 atom stereocenters. The number of hydrogen-bond donors (Lipinski definition) is 0. The van der Waals surface area contributed by atoms with E-state index >= 15 is 0 Å². The van der Waals surface area contributed by atoms with E-state index in [9.17, 15) is 9.59 Å². The first-order valence-corrected chi connectivity index (χ1v) is 7.81. The Balaban J connectivity index is 1.59. The zero-order valence-electron chi connectivity index (χ0n) is 12.4. The molecule has 0 saturated carbocycles. The topological polar surface area (TPSA) is 61.8 Å². The highest BCUT2D eigenvalue weighted by Gasteiger charge is 2.18. The van der Waals surface area contributed by atoms with Crippen molar-refractivity contribution >= 4 is 35.0 Å². The number of hydrogen-bond acceptors (Lipinski definition) is 5. The highest BCUT2D eigenvalue weighted by molar-refractivity contribution is 6.36. The number of Topliss-reactive ketones (excluding diaryl/α,β-unsaturated/α-hetero) is 1. The van der Waals surface area contributed by atoms with Gasteiger partial charge in [-0.2, -0.15) is 0 Å². The molecular formula is C17H12Cl2O5. The first kappa shape index (κ1) is 16.6. The van der Waals surface area contributed by atoms with Crippen molar-refractivity contribution in [3.63, 3.8) is 0 Å². The smallest absolute Gasteiger partial charge is 0.310 e.